The van der Waals surface area contributed by atoms with E-state index in [4.69, 9.17) is 9.84 Å². The number of hydrogen-bond acceptors (Lipinski definition) is 3. The van der Waals surface area contributed by atoms with Crippen molar-refractivity contribution in [3.8, 4) is 0 Å². The minimum absolute atomic E-state index is 0.156. The zero-order valence-electron chi connectivity index (χ0n) is 13.3. The fraction of sp³-hybridized carbons (Fsp3) is 0.529. The number of ether oxygens (including phenoxy) is 1. The van der Waals surface area contributed by atoms with Crippen LogP contribution in [0.4, 0.5) is 13.2 Å². The van der Waals surface area contributed by atoms with Crippen molar-refractivity contribution >= 4 is 11.9 Å². The van der Waals surface area contributed by atoms with Crippen LogP contribution in [0.25, 0.3) is 0 Å². The van der Waals surface area contributed by atoms with Crippen LogP contribution in [0.2, 0.25) is 0 Å². The third kappa shape index (κ3) is 3.95. The highest BCUT2D eigenvalue weighted by Gasteiger charge is 2.49. The van der Waals surface area contributed by atoms with Gasteiger partial charge < -0.3 is 14.7 Å². The first kappa shape index (κ1) is 17.7. The summed E-state index contributed by atoms with van der Waals surface area (Å²) in [6.45, 7) is 0.731. The molecule has 0 unspecified atom stereocenters. The summed E-state index contributed by atoms with van der Waals surface area (Å²) in [5.41, 5.74) is -0.537. The quantitative estimate of drug-likeness (QED) is 0.899. The van der Waals surface area contributed by atoms with Crippen molar-refractivity contribution in [2.75, 3.05) is 19.7 Å². The van der Waals surface area contributed by atoms with Gasteiger partial charge >= 0.3 is 12.1 Å². The number of benzene rings is 1. The molecule has 1 amide bonds. The van der Waals surface area contributed by atoms with E-state index >= 15 is 0 Å². The van der Waals surface area contributed by atoms with Crippen molar-refractivity contribution in [1.82, 2.24) is 4.90 Å². The molecule has 0 bridgehead atoms. The van der Waals surface area contributed by atoms with Crippen LogP contribution in [0.3, 0.4) is 0 Å². The second-order valence-corrected chi connectivity index (χ2v) is 6.41. The largest absolute Gasteiger partial charge is 0.481 e. The highest BCUT2D eigenvalue weighted by atomic mass is 19.4. The second kappa shape index (κ2) is 6.67. The molecule has 3 rings (SSSR count). The lowest BCUT2D eigenvalue weighted by atomic mass is 10.0. The van der Waals surface area contributed by atoms with Gasteiger partial charge in [0, 0.05) is 19.0 Å². The maximum absolute atomic E-state index is 13.1. The first-order valence-corrected chi connectivity index (χ1v) is 8.05. The van der Waals surface area contributed by atoms with E-state index in [1.165, 1.54) is 17.0 Å². The van der Waals surface area contributed by atoms with E-state index in [0.717, 1.165) is 6.07 Å². The lowest BCUT2D eigenvalue weighted by Gasteiger charge is -2.32. The highest BCUT2D eigenvalue weighted by Crippen LogP contribution is 2.51. The smallest absolute Gasteiger partial charge is 0.416 e. The van der Waals surface area contributed by atoms with Crippen LogP contribution in [0.5, 0.6) is 0 Å². The molecule has 0 aromatic heterocycles. The van der Waals surface area contributed by atoms with E-state index in [9.17, 15) is 22.8 Å². The van der Waals surface area contributed by atoms with Gasteiger partial charge in [0.1, 0.15) is 0 Å². The lowest BCUT2D eigenvalue weighted by molar-refractivity contribution is -0.148. The summed E-state index contributed by atoms with van der Waals surface area (Å²) < 4.78 is 44.7. The summed E-state index contributed by atoms with van der Waals surface area (Å²) in [4.78, 5) is 24.9. The molecule has 136 valence electrons. The van der Waals surface area contributed by atoms with Crippen molar-refractivity contribution in [3.63, 3.8) is 0 Å². The van der Waals surface area contributed by atoms with Crippen LogP contribution in [-0.2, 0) is 20.5 Å². The Kier molecular flexibility index (Phi) is 4.73. The summed E-state index contributed by atoms with van der Waals surface area (Å²) in [7, 11) is 0. The summed E-state index contributed by atoms with van der Waals surface area (Å²) in [5, 5.41) is 8.82. The third-order valence-electron chi connectivity index (χ3n) is 4.63. The molecular formula is C17H18F3NO4. The molecule has 8 heteroatoms. The number of amides is 1. The standard InChI is InChI=1S/C17H18F3NO4/c18-17(19,20)14-4-2-1-3-11(14)12-8-13(12)16(24)21-5-6-25-10(9-21)7-15(22)23/h1-4,10,12-13H,5-9H2,(H,22,23)/t10-,12+,13-/m1/s1. The zero-order chi connectivity index (χ0) is 18.2. The molecule has 3 atom stereocenters. The fourth-order valence-corrected chi connectivity index (χ4v) is 3.36. The molecule has 5 nitrogen and oxygen atoms in total. The Morgan fingerprint density at radius 1 is 1.28 bits per heavy atom. The van der Waals surface area contributed by atoms with Gasteiger partial charge in [0.15, 0.2) is 0 Å². The summed E-state index contributed by atoms with van der Waals surface area (Å²) >= 11 is 0. The van der Waals surface area contributed by atoms with Gasteiger partial charge in [-0.1, -0.05) is 18.2 Å². The topological polar surface area (TPSA) is 66.8 Å². The maximum Gasteiger partial charge on any atom is 0.416 e. The SMILES string of the molecule is O=C(O)C[C@@H]1CN(C(=O)[C@@H]2C[C@H]2c2ccccc2C(F)(F)F)CCO1. The van der Waals surface area contributed by atoms with Crippen molar-refractivity contribution < 1.29 is 32.6 Å². The van der Waals surface area contributed by atoms with Crippen molar-refractivity contribution in [3.05, 3.63) is 35.4 Å². The van der Waals surface area contributed by atoms with Gasteiger partial charge in [0.25, 0.3) is 0 Å². The lowest BCUT2D eigenvalue weighted by Crippen LogP contribution is -2.47. The van der Waals surface area contributed by atoms with Gasteiger partial charge in [-0.3, -0.25) is 9.59 Å². The van der Waals surface area contributed by atoms with Crippen molar-refractivity contribution in [2.24, 2.45) is 5.92 Å². The molecule has 1 saturated carbocycles. The molecule has 25 heavy (non-hydrogen) atoms. The van der Waals surface area contributed by atoms with E-state index in [-0.39, 0.29) is 31.0 Å². The van der Waals surface area contributed by atoms with Crippen molar-refractivity contribution in [2.45, 2.75) is 31.0 Å². The van der Waals surface area contributed by atoms with Crippen LogP contribution in [0.15, 0.2) is 24.3 Å². The molecule has 1 aromatic carbocycles. The number of alkyl halides is 3. The number of nitrogens with zero attached hydrogens (tertiary/aromatic N) is 1. The van der Waals surface area contributed by atoms with E-state index in [2.05, 4.69) is 0 Å². The monoisotopic (exact) mass is 357 g/mol. The van der Waals surface area contributed by atoms with Gasteiger partial charge in [0.05, 0.1) is 24.7 Å². The Bertz CT molecular complexity index is 676. The number of carboxylic acid groups (broad SMARTS) is 1. The predicted molar refractivity (Wildman–Crippen MR) is 80.9 cm³/mol. The molecule has 0 radical (unpaired) electrons. The van der Waals surface area contributed by atoms with Gasteiger partial charge in [-0.15, -0.1) is 0 Å². The van der Waals surface area contributed by atoms with Gasteiger partial charge in [-0.2, -0.15) is 13.2 Å². The molecule has 0 spiro atoms. The normalized spacial score (nSPS) is 26.4. The Morgan fingerprint density at radius 3 is 2.68 bits per heavy atom. The fourth-order valence-electron chi connectivity index (χ4n) is 3.36. The van der Waals surface area contributed by atoms with Crippen LogP contribution in [0, 0.1) is 5.92 Å². The Balaban J connectivity index is 1.68. The van der Waals surface area contributed by atoms with Crippen LogP contribution in [0.1, 0.15) is 29.9 Å². The van der Waals surface area contributed by atoms with Crippen LogP contribution >= 0.6 is 0 Å². The third-order valence-corrected chi connectivity index (χ3v) is 4.63. The van der Waals surface area contributed by atoms with E-state index in [0.29, 0.717) is 13.0 Å². The number of morpholine rings is 1. The van der Waals surface area contributed by atoms with Crippen LogP contribution < -0.4 is 0 Å². The maximum atomic E-state index is 13.1. The first-order valence-electron chi connectivity index (χ1n) is 8.05. The Morgan fingerprint density at radius 2 is 2.00 bits per heavy atom. The number of rotatable bonds is 4. The van der Waals surface area contributed by atoms with Gasteiger partial charge in [-0.05, 0) is 24.0 Å². The number of carbonyl (C=O) groups excluding carboxylic acids is 1. The number of aliphatic carboxylic acids is 1. The highest BCUT2D eigenvalue weighted by molar-refractivity contribution is 5.83. The number of carboxylic acids is 1. The average Bonchev–Trinajstić information content (AvgIpc) is 3.33. The number of halogens is 3. The van der Waals surface area contributed by atoms with Crippen LogP contribution in [-0.4, -0.2) is 47.7 Å². The van der Waals surface area contributed by atoms with E-state index in [1.54, 1.807) is 6.07 Å². The molecular weight excluding hydrogens is 339 g/mol. The average molecular weight is 357 g/mol. The Labute approximate surface area is 142 Å². The summed E-state index contributed by atoms with van der Waals surface area (Å²) in [5.74, 6) is -2.15. The molecule has 2 fully saturated rings. The zero-order valence-corrected chi connectivity index (χ0v) is 13.3. The first-order chi connectivity index (χ1) is 11.8. The summed E-state index contributed by atoms with van der Waals surface area (Å²) in [6.07, 6.45) is -4.84. The molecule has 1 aliphatic heterocycles. The van der Waals surface area contributed by atoms with E-state index in [1.807, 2.05) is 0 Å². The molecule has 1 N–H and O–H groups in total. The molecule has 1 aliphatic carbocycles. The molecule has 2 aliphatic rings. The number of hydrogen-bond donors (Lipinski definition) is 1. The predicted octanol–water partition coefficient (Wildman–Crippen LogP) is 2.51. The molecule has 1 saturated heterocycles. The molecule has 1 aromatic rings. The van der Waals surface area contributed by atoms with Gasteiger partial charge in [0.2, 0.25) is 5.91 Å². The minimum Gasteiger partial charge on any atom is -0.481 e. The van der Waals surface area contributed by atoms with Crippen molar-refractivity contribution in [1.29, 1.82) is 0 Å². The van der Waals surface area contributed by atoms with Gasteiger partial charge in [-0.25, -0.2) is 0 Å². The number of carbonyl (C=O) groups is 2. The summed E-state index contributed by atoms with van der Waals surface area (Å²) in [6, 6.07) is 5.34. The Hall–Kier alpha value is -2.09. The minimum atomic E-state index is -4.45. The van der Waals surface area contributed by atoms with E-state index < -0.39 is 35.6 Å². The molecule has 1 heterocycles. The second-order valence-electron chi connectivity index (χ2n) is 6.41.